The zero-order valence-electron chi connectivity index (χ0n) is 13.8. The van der Waals surface area contributed by atoms with Crippen molar-refractivity contribution in [2.75, 3.05) is 18.1 Å². The van der Waals surface area contributed by atoms with E-state index in [0.29, 0.717) is 5.75 Å². The van der Waals surface area contributed by atoms with Crippen molar-refractivity contribution in [1.82, 2.24) is 0 Å². The summed E-state index contributed by atoms with van der Waals surface area (Å²) in [6.45, 7) is 1.27. The van der Waals surface area contributed by atoms with Crippen LogP contribution < -0.4 is 9.64 Å². The van der Waals surface area contributed by atoms with E-state index in [2.05, 4.69) is 0 Å². The third-order valence-electron chi connectivity index (χ3n) is 4.00. The second-order valence-electron chi connectivity index (χ2n) is 5.85. The first-order valence-corrected chi connectivity index (χ1v) is 7.98. The molecule has 3 rings (SSSR count). The summed E-state index contributed by atoms with van der Waals surface area (Å²) in [5.74, 6) is -0.960. The number of benzene rings is 2. The number of para-hydroxylation sites is 1. The SMILES string of the molecule is C[C@H]1Cc2ccccc2N1C(=O)COC(=O)COc1ccc(F)cc1. The van der Waals surface area contributed by atoms with Crippen molar-refractivity contribution in [1.29, 1.82) is 0 Å². The van der Waals surface area contributed by atoms with Gasteiger partial charge in [0.05, 0.1) is 0 Å². The number of carbonyl (C=O) groups excluding carboxylic acids is 2. The molecule has 25 heavy (non-hydrogen) atoms. The molecule has 2 aromatic carbocycles. The fourth-order valence-electron chi connectivity index (χ4n) is 2.87. The first-order chi connectivity index (χ1) is 12.0. The van der Waals surface area contributed by atoms with Crippen LogP contribution in [0, 0.1) is 5.82 Å². The Morgan fingerprint density at radius 3 is 2.60 bits per heavy atom. The minimum Gasteiger partial charge on any atom is -0.482 e. The highest BCUT2D eigenvalue weighted by molar-refractivity contribution is 5.97. The molecule has 1 heterocycles. The maximum atomic E-state index is 12.8. The molecule has 0 unspecified atom stereocenters. The number of fused-ring (bicyclic) bond motifs is 1. The van der Waals surface area contributed by atoms with E-state index in [4.69, 9.17) is 9.47 Å². The number of rotatable bonds is 5. The van der Waals surface area contributed by atoms with Crippen LogP contribution in [-0.4, -0.2) is 31.1 Å². The Morgan fingerprint density at radius 2 is 1.84 bits per heavy atom. The summed E-state index contributed by atoms with van der Waals surface area (Å²) >= 11 is 0. The second kappa shape index (κ2) is 7.34. The number of nitrogens with zero attached hydrogens (tertiary/aromatic N) is 1. The number of amides is 1. The predicted octanol–water partition coefficient (Wildman–Crippen LogP) is 2.73. The summed E-state index contributed by atoms with van der Waals surface area (Å²) < 4.78 is 23.0. The topological polar surface area (TPSA) is 55.8 Å². The van der Waals surface area contributed by atoms with Gasteiger partial charge in [-0.05, 0) is 49.2 Å². The van der Waals surface area contributed by atoms with Gasteiger partial charge in [-0.15, -0.1) is 0 Å². The molecule has 1 aliphatic rings. The molecular formula is C19H18FNO4. The van der Waals surface area contributed by atoms with E-state index >= 15 is 0 Å². The summed E-state index contributed by atoms with van der Waals surface area (Å²) in [7, 11) is 0. The number of halogens is 1. The molecule has 1 amide bonds. The van der Waals surface area contributed by atoms with Crippen molar-refractivity contribution in [3.63, 3.8) is 0 Å². The molecule has 5 nitrogen and oxygen atoms in total. The molecule has 1 atom stereocenters. The standard InChI is InChI=1S/C19H18FNO4/c1-13-10-14-4-2-3-5-17(14)21(13)18(22)11-25-19(23)12-24-16-8-6-15(20)7-9-16/h2-9,13H,10-12H2,1H3/t13-/m0/s1. The van der Waals surface area contributed by atoms with Crippen molar-refractivity contribution in [2.45, 2.75) is 19.4 Å². The van der Waals surface area contributed by atoms with Crippen LogP contribution in [0.1, 0.15) is 12.5 Å². The summed E-state index contributed by atoms with van der Waals surface area (Å²) in [5.41, 5.74) is 1.97. The van der Waals surface area contributed by atoms with Gasteiger partial charge < -0.3 is 14.4 Å². The molecule has 0 aliphatic carbocycles. The first-order valence-electron chi connectivity index (χ1n) is 7.98. The van der Waals surface area contributed by atoms with E-state index in [0.717, 1.165) is 17.7 Å². The number of ether oxygens (including phenoxy) is 2. The van der Waals surface area contributed by atoms with Gasteiger partial charge in [-0.1, -0.05) is 18.2 Å². The van der Waals surface area contributed by atoms with Crippen molar-refractivity contribution in [2.24, 2.45) is 0 Å². The molecule has 0 saturated carbocycles. The van der Waals surface area contributed by atoms with Gasteiger partial charge >= 0.3 is 5.97 Å². The van der Waals surface area contributed by atoms with Gasteiger partial charge in [0, 0.05) is 11.7 Å². The van der Waals surface area contributed by atoms with Gasteiger partial charge in [0.25, 0.3) is 5.91 Å². The summed E-state index contributed by atoms with van der Waals surface area (Å²) in [4.78, 5) is 25.8. The lowest BCUT2D eigenvalue weighted by molar-refractivity contribution is -0.149. The zero-order chi connectivity index (χ0) is 17.8. The summed E-state index contributed by atoms with van der Waals surface area (Å²) in [6.07, 6.45) is 0.781. The quantitative estimate of drug-likeness (QED) is 0.784. The molecule has 0 bridgehead atoms. The van der Waals surface area contributed by atoms with Crippen molar-refractivity contribution in [3.05, 3.63) is 59.9 Å². The van der Waals surface area contributed by atoms with Crippen molar-refractivity contribution in [3.8, 4) is 5.75 Å². The van der Waals surface area contributed by atoms with Gasteiger partial charge in [0.15, 0.2) is 13.2 Å². The Balaban J connectivity index is 1.50. The minimum atomic E-state index is -0.655. The molecule has 1 aliphatic heterocycles. The Labute approximate surface area is 145 Å². The van der Waals surface area contributed by atoms with Crippen LogP contribution in [0.3, 0.4) is 0 Å². The van der Waals surface area contributed by atoms with Gasteiger partial charge in [-0.25, -0.2) is 9.18 Å². The van der Waals surface area contributed by atoms with E-state index in [-0.39, 0.29) is 31.0 Å². The van der Waals surface area contributed by atoms with Crippen LogP contribution in [0.2, 0.25) is 0 Å². The fourth-order valence-corrected chi connectivity index (χ4v) is 2.87. The lowest BCUT2D eigenvalue weighted by Gasteiger charge is -2.22. The van der Waals surface area contributed by atoms with E-state index in [1.165, 1.54) is 24.3 Å². The Bertz CT molecular complexity index is 775. The molecule has 6 heteroatoms. The highest BCUT2D eigenvalue weighted by Gasteiger charge is 2.30. The molecule has 0 N–H and O–H groups in total. The second-order valence-corrected chi connectivity index (χ2v) is 5.85. The van der Waals surface area contributed by atoms with Gasteiger partial charge in [0.1, 0.15) is 11.6 Å². The molecule has 0 spiro atoms. The van der Waals surface area contributed by atoms with Crippen LogP contribution in [0.4, 0.5) is 10.1 Å². The summed E-state index contributed by atoms with van der Waals surface area (Å²) in [5, 5.41) is 0. The molecule has 0 fully saturated rings. The van der Waals surface area contributed by atoms with Crippen LogP contribution in [-0.2, 0) is 20.7 Å². The Kier molecular flexibility index (Phi) is 4.97. The van der Waals surface area contributed by atoms with Gasteiger partial charge in [-0.3, -0.25) is 4.79 Å². The number of hydrogen-bond acceptors (Lipinski definition) is 4. The lowest BCUT2D eigenvalue weighted by Crippen LogP contribution is -2.39. The van der Waals surface area contributed by atoms with Crippen LogP contribution >= 0.6 is 0 Å². The van der Waals surface area contributed by atoms with Gasteiger partial charge in [0.2, 0.25) is 0 Å². The van der Waals surface area contributed by atoms with Crippen molar-refractivity contribution >= 4 is 17.6 Å². The van der Waals surface area contributed by atoms with E-state index < -0.39 is 5.97 Å². The average molecular weight is 343 g/mol. The molecule has 0 radical (unpaired) electrons. The smallest absolute Gasteiger partial charge is 0.344 e. The monoisotopic (exact) mass is 343 g/mol. The number of anilines is 1. The lowest BCUT2D eigenvalue weighted by atomic mass is 10.1. The van der Waals surface area contributed by atoms with Crippen molar-refractivity contribution < 1.29 is 23.5 Å². The molecular weight excluding hydrogens is 325 g/mol. The van der Waals surface area contributed by atoms with Crippen LogP contribution in [0.25, 0.3) is 0 Å². The van der Waals surface area contributed by atoms with Crippen LogP contribution in [0.15, 0.2) is 48.5 Å². The third-order valence-corrected chi connectivity index (χ3v) is 4.00. The zero-order valence-corrected chi connectivity index (χ0v) is 13.8. The van der Waals surface area contributed by atoms with Crippen LogP contribution in [0.5, 0.6) is 5.75 Å². The van der Waals surface area contributed by atoms with Gasteiger partial charge in [-0.2, -0.15) is 0 Å². The molecule has 2 aromatic rings. The maximum absolute atomic E-state index is 12.8. The number of esters is 1. The summed E-state index contributed by atoms with van der Waals surface area (Å²) in [6, 6.07) is 13.0. The van der Waals surface area contributed by atoms with E-state index in [1.54, 1.807) is 4.90 Å². The normalized spacial score (nSPS) is 15.6. The fraction of sp³-hybridized carbons (Fsp3) is 0.263. The first kappa shape index (κ1) is 17.0. The molecule has 0 saturated heterocycles. The highest BCUT2D eigenvalue weighted by atomic mass is 19.1. The average Bonchev–Trinajstić information content (AvgIpc) is 2.95. The highest BCUT2D eigenvalue weighted by Crippen LogP contribution is 2.31. The number of hydrogen-bond donors (Lipinski definition) is 0. The van der Waals surface area contributed by atoms with E-state index in [9.17, 15) is 14.0 Å². The van der Waals surface area contributed by atoms with E-state index in [1.807, 2.05) is 31.2 Å². The largest absolute Gasteiger partial charge is 0.482 e. The third kappa shape index (κ3) is 3.96. The Morgan fingerprint density at radius 1 is 1.12 bits per heavy atom. The minimum absolute atomic E-state index is 0.0269. The molecule has 130 valence electrons. The molecule has 0 aromatic heterocycles. The maximum Gasteiger partial charge on any atom is 0.344 e. The Hall–Kier alpha value is -2.89. The predicted molar refractivity (Wildman–Crippen MR) is 89.9 cm³/mol. The number of carbonyl (C=O) groups is 2.